The molecule has 17 heteroatoms. The van der Waals surface area contributed by atoms with Crippen LogP contribution in [0.25, 0.3) is 11.8 Å². The van der Waals surface area contributed by atoms with Gasteiger partial charge in [-0.15, -0.1) is 10.2 Å². The molecule has 2 heterocycles. The molecule has 2 aromatic heterocycles. The van der Waals surface area contributed by atoms with E-state index in [1.54, 1.807) is 61.1 Å². The summed E-state index contributed by atoms with van der Waals surface area (Å²) in [4.78, 5) is 23.6. The van der Waals surface area contributed by atoms with Crippen LogP contribution < -0.4 is 16.2 Å². The van der Waals surface area contributed by atoms with Gasteiger partial charge in [0.05, 0.1) is 46.4 Å². The number of tetrazole rings is 1. The Hall–Kier alpha value is -5.43. The number of halogens is 4. The molecule has 43 heavy (non-hydrogen) atoms. The lowest BCUT2D eigenvalue weighted by Gasteiger charge is -2.13. The number of carbonyl (C=O) groups is 2. The molecule has 4 rings (SSSR count). The van der Waals surface area contributed by atoms with Crippen LogP contribution in [0.3, 0.4) is 0 Å². The molecule has 2 amide bonds. The summed E-state index contributed by atoms with van der Waals surface area (Å²) in [6.07, 6.45) is -3.86. The van der Waals surface area contributed by atoms with Crippen LogP contribution in [0, 0.1) is 18.3 Å². The van der Waals surface area contributed by atoms with Gasteiger partial charge in [-0.3, -0.25) is 10.2 Å². The number of anilines is 1. The van der Waals surface area contributed by atoms with Crippen LogP contribution in [-0.2, 0) is 17.5 Å². The molecule has 3 N–H and O–H groups in total. The number of para-hydroxylation sites is 1. The van der Waals surface area contributed by atoms with Crippen LogP contribution in [0.4, 0.5) is 23.7 Å². The number of amides is 2. The molecule has 0 unspecified atom stereocenters. The molecular formula is C26H24ClF3N10O3. The van der Waals surface area contributed by atoms with Crippen molar-refractivity contribution >= 4 is 35.4 Å². The lowest BCUT2D eigenvalue weighted by Crippen LogP contribution is -2.41. The number of hydrogen-bond acceptors (Lipinski definition) is 9. The summed E-state index contributed by atoms with van der Waals surface area (Å²) in [6, 6.07) is 13.8. The monoisotopic (exact) mass is 616 g/mol. The second kappa shape index (κ2) is 14.0. The number of nitrogens with zero attached hydrogens (tertiary/aromatic N) is 7. The Labute approximate surface area is 247 Å². The van der Waals surface area contributed by atoms with Gasteiger partial charge in [-0.05, 0) is 54.1 Å². The van der Waals surface area contributed by atoms with Crippen LogP contribution >= 0.6 is 11.6 Å². The van der Waals surface area contributed by atoms with Crippen molar-refractivity contribution in [1.29, 1.82) is 5.26 Å². The quantitative estimate of drug-likeness (QED) is 0.270. The molecule has 0 spiro atoms. The summed E-state index contributed by atoms with van der Waals surface area (Å²) >= 11 is 6.15. The summed E-state index contributed by atoms with van der Waals surface area (Å²) in [5.74, 6) is -1.84. The van der Waals surface area contributed by atoms with E-state index in [1.165, 1.54) is 13.2 Å². The van der Waals surface area contributed by atoms with Gasteiger partial charge in [-0.25, -0.2) is 14.9 Å². The number of hydrazine groups is 1. The molecule has 224 valence electrons. The molecule has 0 saturated heterocycles. The first-order valence-corrected chi connectivity index (χ1v) is 12.5. The first kappa shape index (κ1) is 32.1. The molecule has 0 saturated carbocycles. The number of alkyl halides is 3. The van der Waals surface area contributed by atoms with E-state index >= 15 is 0 Å². The van der Waals surface area contributed by atoms with Crippen LogP contribution in [0.1, 0.15) is 38.7 Å². The second-order valence-electron chi connectivity index (χ2n) is 8.42. The van der Waals surface area contributed by atoms with Crippen molar-refractivity contribution in [2.75, 3.05) is 19.5 Å². The Morgan fingerprint density at radius 2 is 1.91 bits per heavy atom. The summed E-state index contributed by atoms with van der Waals surface area (Å²) in [5, 5.41) is 26.3. The maximum Gasteiger partial charge on any atom is 0.455 e. The summed E-state index contributed by atoms with van der Waals surface area (Å²) < 4.78 is 43.4. The standard InChI is InChI=1S/C14H10ClF3N6.C12H14N4O3/c1-2-10-7-9(8-23-21-13(19-22-23)14(16,17)18)20-24(10)12-6-4-3-5-11(12)15;1-7-4-8(6-13)5-9(10(7)14-2)11(17)15-16-12(18)19-3/h2-7H,1,8H2;4-5,14H,1-3H3,(H,15,17)(H,16,18). The fraction of sp³-hybridized carbons (Fsp3) is 0.192. The number of methoxy groups -OCH3 is 1. The average Bonchev–Trinajstić information content (AvgIpc) is 3.63. The van der Waals surface area contributed by atoms with Gasteiger partial charge >= 0.3 is 12.3 Å². The highest BCUT2D eigenvalue weighted by Crippen LogP contribution is 2.26. The Balaban J connectivity index is 0.000000243. The number of nitriles is 1. The molecule has 4 aromatic rings. The number of benzene rings is 2. The summed E-state index contributed by atoms with van der Waals surface area (Å²) in [7, 11) is 2.85. The van der Waals surface area contributed by atoms with Crippen molar-refractivity contribution in [2.24, 2.45) is 0 Å². The molecule has 0 fully saturated rings. The Morgan fingerprint density at radius 1 is 1.19 bits per heavy atom. The Kier molecular flexibility index (Phi) is 10.4. The first-order valence-electron chi connectivity index (χ1n) is 12.1. The van der Waals surface area contributed by atoms with Gasteiger partial charge in [-0.2, -0.15) is 28.3 Å². The Morgan fingerprint density at radius 3 is 2.49 bits per heavy atom. The predicted molar refractivity (Wildman–Crippen MR) is 149 cm³/mol. The summed E-state index contributed by atoms with van der Waals surface area (Å²) in [6.45, 7) is 5.41. The van der Waals surface area contributed by atoms with Gasteiger partial charge in [0, 0.05) is 12.7 Å². The van der Waals surface area contributed by atoms with Gasteiger partial charge in [-0.1, -0.05) is 30.3 Å². The van der Waals surface area contributed by atoms with Gasteiger partial charge in [0.15, 0.2) is 0 Å². The molecule has 2 aromatic carbocycles. The highest BCUT2D eigenvalue weighted by Gasteiger charge is 2.36. The van der Waals surface area contributed by atoms with Crippen LogP contribution in [0.2, 0.25) is 5.02 Å². The molecule has 0 aliphatic carbocycles. The van der Waals surface area contributed by atoms with Crippen molar-refractivity contribution in [3.05, 3.63) is 88.0 Å². The van der Waals surface area contributed by atoms with Crippen molar-refractivity contribution in [2.45, 2.75) is 19.6 Å². The van der Waals surface area contributed by atoms with E-state index < -0.39 is 24.0 Å². The third kappa shape index (κ3) is 8.07. The van der Waals surface area contributed by atoms with Gasteiger partial charge in [0.2, 0.25) is 0 Å². The van der Waals surface area contributed by atoms with Crippen molar-refractivity contribution in [3.8, 4) is 11.8 Å². The lowest BCUT2D eigenvalue weighted by atomic mass is 10.0. The smallest absolute Gasteiger partial charge is 0.452 e. The minimum atomic E-state index is -4.64. The fourth-order valence-corrected chi connectivity index (χ4v) is 3.86. The van der Waals surface area contributed by atoms with E-state index in [9.17, 15) is 22.8 Å². The largest absolute Gasteiger partial charge is 0.455 e. The van der Waals surface area contributed by atoms with Gasteiger partial charge in [0.25, 0.3) is 11.7 Å². The third-order valence-electron chi connectivity index (χ3n) is 5.51. The SMILES string of the molecule is C=Cc1cc(Cn2nnc(C(F)(F)F)n2)nn1-c1ccccc1Cl.CNc1c(C)cc(C#N)cc1C(=O)NNC(=O)OC. The number of hydrogen-bond donors (Lipinski definition) is 3. The fourth-order valence-electron chi connectivity index (χ4n) is 3.64. The molecule has 0 aliphatic heterocycles. The number of carbonyl (C=O) groups excluding carboxylic acids is 2. The number of rotatable bonds is 6. The topological polar surface area (TPSA) is 165 Å². The van der Waals surface area contributed by atoms with E-state index in [0.717, 1.165) is 10.4 Å². The molecular weight excluding hydrogens is 593 g/mol. The predicted octanol–water partition coefficient (Wildman–Crippen LogP) is 4.13. The van der Waals surface area contributed by atoms with E-state index in [2.05, 4.69) is 48.0 Å². The van der Waals surface area contributed by atoms with Crippen molar-refractivity contribution in [3.63, 3.8) is 0 Å². The molecule has 0 radical (unpaired) electrons. The van der Waals surface area contributed by atoms with Crippen LogP contribution in [0.15, 0.2) is 49.0 Å². The van der Waals surface area contributed by atoms with E-state index in [0.29, 0.717) is 33.3 Å². The lowest BCUT2D eigenvalue weighted by molar-refractivity contribution is -0.145. The molecule has 0 atom stereocenters. The zero-order valence-corrected chi connectivity index (χ0v) is 23.7. The van der Waals surface area contributed by atoms with Crippen LogP contribution in [0.5, 0.6) is 0 Å². The minimum Gasteiger partial charge on any atom is -0.452 e. The number of ether oxygens (including phenoxy) is 1. The minimum absolute atomic E-state index is 0.0681. The van der Waals surface area contributed by atoms with E-state index in [4.69, 9.17) is 16.9 Å². The highest BCUT2D eigenvalue weighted by molar-refractivity contribution is 6.32. The van der Waals surface area contributed by atoms with Gasteiger partial charge in [0.1, 0.15) is 6.54 Å². The number of aromatic nitrogens is 6. The number of aryl methyl sites for hydroxylation is 1. The Bertz CT molecular complexity index is 1680. The first-order chi connectivity index (χ1) is 20.4. The van der Waals surface area contributed by atoms with Crippen molar-refractivity contribution < 1.29 is 27.5 Å². The second-order valence-corrected chi connectivity index (χ2v) is 8.82. The zero-order valence-electron chi connectivity index (χ0n) is 22.9. The normalized spacial score (nSPS) is 10.6. The maximum absolute atomic E-state index is 12.5. The molecule has 13 nitrogen and oxygen atoms in total. The maximum atomic E-state index is 12.5. The van der Waals surface area contributed by atoms with E-state index in [-0.39, 0.29) is 12.1 Å². The third-order valence-corrected chi connectivity index (χ3v) is 5.83. The zero-order chi connectivity index (χ0) is 31.7. The average molecular weight is 617 g/mol. The van der Waals surface area contributed by atoms with Crippen molar-refractivity contribution in [1.82, 2.24) is 40.8 Å². The summed E-state index contributed by atoms with van der Waals surface area (Å²) in [5.41, 5.74) is 7.92. The van der Waals surface area contributed by atoms with E-state index in [1.807, 2.05) is 6.07 Å². The number of nitrogens with one attached hydrogen (secondary N) is 3. The molecule has 0 bridgehead atoms. The van der Waals surface area contributed by atoms with Gasteiger partial charge < -0.3 is 10.1 Å². The molecule has 0 aliphatic rings. The highest BCUT2D eigenvalue weighted by atomic mass is 35.5. The van der Waals surface area contributed by atoms with Crippen LogP contribution in [-0.4, -0.2) is 56.1 Å².